The molecule has 2 N–H and O–H groups in total. The van der Waals surface area contributed by atoms with Crippen LogP contribution in [0.5, 0.6) is 0 Å². The molecule has 2 amide bonds. The Labute approximate surface area is 137 Å². The number of nitrogens with one attached hydrogen (secondary N) is 2. The molecule has 1 aromatic rings. The summed E-state index contributed by atoms with van der Waals surface area (Å²) >= 11 is 0. The number of quaternary nitrogens is 1. The molecule has 0 aliphatic heterocycles. The summed E-state index contributed by atoms with van der Waals surface area (Å²) in [5.41, 5.74) is 1.25. The first-order chi connectivity index (χ1) is 10.9. The van der Waals surface area contributed by atoms with E-state index in [1.165, 1.54) is 6.92 Å². The Morgan fingerprint density at radius 3 is 2.09 bits per heavy atom. The number of hydrogen-bond acceptors (Lipinski definition) is 3. The largest absolute Gasteiger partial charge is 0.338 e. The lowest BCUT2D eigenvalue weighted by molar-refractivity contribution is -0.862. The van der Waals surface area contributed by atoms with Gasteiger partial charge in [0.15, 0.2) is 18.9 Å². The van der Waals surface area contributed by atoms with Crippen LogP contribution in [0.3, 0.4) is 0 Å². The van der Waals surface area contributed by atoms with Crippen molar-refractivity contribution in [3.8, 4) is 0 Å². The highest BCUT2D eigenvalue weighted by atomic mass is 16.2. The van der Waals surface area contributed by atoms with Crippen molar-refractivity contribution < 1.29 is 19.3 Å². The Hall–Kier alpha value is -2.21. The summed E-state index contributed by atoms with van der Waals surface area (Å²) in [5.74, 6) is -0.126. The summed E-state index contributed by atoms with van der Waals surface area (Å²) in [6.45, 7) is 7.23. The van der Waals surface area contributed by atoms with Crippen LogP contribution in [-0.2, 0) is 9.59 Å². The van der Waals surface area contributed by atoms with Gasteiger partial charge in [-0.3, -0.25) is 14.4 Å². The fourth-order valence-electron chi connectivity index (χ4n) is 2.28. The Balaban J connectivity index is 2.49. The predicted octanol–water partition coefficient (Wildman–Crippen LogP) is 0.211. The fourth-order valence-corrected chi connectivity index (χ4v) is 2.28. The van der Waals surface area contributed by atoms with Crippen LogP contribution in [0, 0.1) is 0 Å². The third-order valence-corrected chi connectivity index (χ3v) is 3.61. The van der Waals surface area contributed by atoms with Gasteiger partial charge in [-0.2, -0.15) is 0 Å². The smallest absolute Gasteiger partial charge is 0.279 e. The lowest BCUT2D eigenvalue weighted by Gasteiger charge is -2.20. The second kappa shape index (κ2) is 9.05. The molecule has 0 saturated heterocycles. The first-order valence-electron chi connectivity index (χ1n) is 7.87. The molecule has 0 spiro atoms. The van der Waals surface area contributed by atoms with Gasteiger partial charge in [0.25, 0.3) is 11.8 Å². The number of likely N-dealkylation sites (N-methyl/N-ethyl adjacent to an activating group) is 2. The van der Waals surface area contributed by atoms with E-state index in [1.54, 1.807) is 29.2 Å². The molecule has 0 radical (unpaired) electrons. The molecule has 0 aliphatic rings. The number of rotatable bonds is 8. The average Bonchev–Trinajstić information content (AvgIpc) is 2.48. The first-order valence-corrected chi connectivity index (χ1v) is 7.87. The molecular weight excluding hydrogens is 294 g/mol. The van der Waals surface area contributed by atoms with Gasteiger partial charge in [-0.25, -0.2) is 0 Å². The van der Waals surface area contributed by atoms with Gasteiger partial charge in [-0.05, 0) is 45.0 Å². The molecule has 0 heterocycles. The fraction of sp³-hybridized carbons (Fsp3) is 0.471. The number of amides is 2. The molecule has 0 aliphatic carbocycles. The van der Waals surface area contributed by atoms with Crippen molar-refractivity contribution in [1.29, 1.82) is 0 Å². The Kier molecular flexibility index (Phi) is 7.41. The van der Waals surface area contributed by atoms with Crippen molar-refractivity contribution >= 4 is 23.3 Å². The van der Waals surface area contributed by atoms with Crippen LogP contribution in [-0.4, -0.2) is 55.7 Å². The molecule has 0 fully saturated rings. The van der Waals surface area contributed by atoms with E-state index in [-0.39, 0.29) is 24.1 Å². The number of nitrogens with zero attached hydrogens (tertiary/aromatic N) is 1. The zero-order valence-electron chi connectivity index (χ0n) is 14.3. The zero-order chi connectivity index (χ0) is 17.4. The van der Waals surface area contributed by atoms with Gasteiger partial charge in [0, 0.05) is 24.3 Å². The maximum atomic E-state index is 12.0. The average molecular weight is 320 g/mol. The van der Waals surface area contributed by atoms with Crippen molar-refractivity contribution in [2.75, 3.05) is 38.5 Å². The minimum Gasteiger partial charge on any atom is -0.338 e. The van der Waals surface area contributed by atoms with E-state index in [2.05, 4.69) is 5.32 Å². The second-order valence-corrected chi connectivity index (χ2v) is 5.56. The van der Waals surface area contributed by atoms with Crippen LogP contribution in [0.25, 0.3) is 0 Å². The maximum absolute atomic E-state index is 12.0. The van der Waals surface area contributed by atoms with E-state index < -0.39 is 0 Å². The van der Waals surface area contributed by atoms with Crippen LogP contribution in [0.2, 0.25) is 0 Å². The summed E-state index contributed by atoms with van der Waals surface area (Å²) in [4.78, 5) is 37.8. The van der Waals surface area contributed by atoms with E-state index in [0.29, 0.717) is 30.9 Å². The van der Waals surface area contributed by atoms with Gasteiger partial charge in [0.1, 0.15) is 0 Å². The van der Waals surface area contributed by atoms with Gasteiger partial charge < -0.3 is 15.1 Å². The number of hydrogen-bond donors (Lipinski definition) is 2. The van der Waals surface area contributed by atoms with Gasteiger partial charge >= 0.3 is 0 Å². The highest BCUT2D eigenvalue weighted by molar-refractivity contribution is 5.95. The molecule has 0 aromatic heterocycles. The van der Waals surface area contributed by atoms with E-state index in [0.717, 1.165) is 4.90 Å². The van der Waals surface area contributed by atoms with Crippen LogP contribution < -0.4 is 10.2 Å². The normalized spacial score (nSPS) is 11.7. The van der Waals surface area contributed by atoms with Crippen molar-refractivity contribution in [2.24, 2.45) is 0 Å². The Morgan fingerprint density at radius 2 is 1.61 bits per heavy atom. The zero-order valence-corrected chi connectivity index (χ0v) is 14.3. The van der Waals surface area contributed by atoms with Gasteiger partial charge in [-0.15, -0.1) is 0 Å². The molecule has 1 rings (SSSR count). The van der Waals surface area contributed by atoms with Gasteiger partial charge in [-0.1, -0.05) is 0 Å². The molecule has 6 heteroatoms. The predicted molar refractivity (Wildman–Crippen MR) is 89.6 cm³/mol. The molecule has 1 atom stereocenters. The molecular formula is C17H26N3O3+. The highest BCUT2D eigenvalue weighted by Gasteiger charge is 2.17. The third kappa shape index (κ3) is 6.20. The first kappa shape index (κ1) is 18.8. The van der Waals surface area contributed by atoms with E-state index >= 15 is 0 Å². The standard InChI is InChI=1S/C17H25N3O3/c1-5-20(6-2)17(23)12-19(4)11-16(22)18-15-9-7-14(8-10-15)13(3)21/h7-10H,5-6,11-12H2,1-4H3,(H,18,22)/p+1. The SMILES string of the molecule is CCN(CC)C(=O)C[NH+](C)CC(=O)Nc1ccc(C(C)=O)cc1. The quantitative estimate of drug-likeness (QED) is 0.673. The number of ketones is 1. The summed E-state index contributed by atoms with van der Waals surface area (Å²) in [6.07, 6.45) is 0. The Morgan fingerprint density at radius 1 is 1.04 bits per heavy atom. The number of benzene rings is 1. The van der Waals surface area contributed by atoms with Crippen LogP contribution in [0.4, 0.5) is 5.69 Å². The van der Waals surface area contributed by atoms with Crippen molar-refractivity contribution in [1.82, 2.24) is 4.90 Å². The maximum Gasteiger partial charge on any atom is 0.279 e. The van der Waals surface area contributed by atoms with Crippen LogP contribution in [0.15, 0.2) is 24.3 Å². The van der Waals surface area contributed by atoms with E-state index in [1.807, 2.05) is 20.9 Å². The number of carbonyl (C=O) groups is 3. The second-order valence-electron chi connectivity index (χ2n) is 5.56. The number of Topliss-reactive ketones (excluding diaryl/α,β-unsaturated/α-hetero) is 1. The summed E-state index contributed by atoms with van der Waals surface area (Å²) in [5, 5.41) is 2.77. The molecule has 0 saturated carbocycles. The highest BCUT2D eigenvalue weighted by Crippen LogP contribution is 2.09. The lowest BCUT2D eigenvalue weighted by atomic mass is 10.1. The molecule has 6 nitrogen and oxygen atoms in total. The van der Waals surface area contributed by atoms with Crippen molar-refractivity contribution in [2.45, 2.75) is 20.8 Å². The van der Waals surface area contributed by atoms with Crippen molar-refractivity contribution in [3.05, 3.63) is 29.8 Å². The molecule has 1 unspecified atom stereocenters. The summed E-state index contributed by atoms with van der Waals surface area (Å²) in [7, 11) is 1.82. The number of carbonyl (C=O) groups excluding carboxylic acids is 3. The third-order valence-electron chi connectivity index (χ3n) is 3.61. The van der Waals surface area contributed by atoms with Gasteiger partial charge in [0.2, 0.25) is 0 Å². The summed E-state index contributed by atoms with van der Waals surface area (Å²) < 4.78 is 0. The minimum atomic E-state index is -0.162. The monoisotopic (exact) mass is 320 g/mol. The molecule has 126 valence electrons. The Bertz CT molecular complexity index is 551. The number of anilines is 1. The molecule has 1 aromatic carbocycles. The lowest BCUT2D eigenvalue weighted by Crippen LogP contribution is -3.11. The minimum absolute atomic E-state index is 0.0121. The van der Waals surface area contributed by atoms with E-state index in [4.69, 9.17) is 0 Å². The topological polar surface area (TPSA) is 70.9 Å². The van der Waals surface area contributed by atoms with Gasteiger partial charge in [0.05, 0.1) is 7.05 Å². The summed E-state index contributed by atoms with van der Waals surface area (Å²) in [6, 6.07) is 6.76. The van der Waals surface area contributed by atoms with Crippen molar-refractivity contribution in [3.63, 3.8) is 0 Å². The van der Waals surface area contributed by atoms with E-state index in [9.17, 15) is 14.4 Å². The molecule has 23 heavy (non-hydrogen) atoms. The van der Waals surface area contributed by atoms with Crippen LogP contribution in [0.1, 0.15) is 31.1 Å². The molecule has 0 bridgehead atoms. The van der Waals surface area contributed by atoms with Crippen LogP contribution >= 0.6 is 0 Å².